The van der Waals surface area contributed by atoms with Gasteiger partial charge < -0.3 is 5.32 Å². The lowest BCUT2D eigenvalue weighted by Gasteiger charge is -2.39. The van der Waals surface area contributed by atoms with E-state index in [4.69, 9.17) is 23.2 Å². The highest BCUT2D eigenvalue weighted by molar-refractivity contribution is 6.36. The molecule has 6 heteroatoms. The molecule has 1 aromatic rings. The molecular weight excluding hydrogens is 299 g/mol. The quantitative estimate of drug-likeness (QED) is 0.912. The van der Waals surface area contributed by atoms with E-state index in [0.29, 0.717) is 22.2 Å². The molecule has 1 N–H and O–H groups in total. The van der Waals surface area contributed by atoms with Crippen molar-refractivity contribution in [1.29, 1.82) is 0 Å². The third-order valence-electron chi connectivity index (χ3n) is 3.66. The molecule has 1 fully saturated rings. The van der Waals surface area contributed by atoms with E-state index in [1.165, 1.54) is 4.90 Å². The van der Waals surface area contributed by atoms with Crippen LogP contribution in [0.15, 0.2) is 12.1 Å². The van der Waals surface area contributed by atoms with Gasteiger partial charge in [-0.2, -0.15) is 0 Å². The average molecular weight is 315 g/mol. The predicted octanol–water partition coefficient (Wildman–Crippen LogP) is 2.93. The summed E-state index contributed by atoms with van der Waals surface area (Å²) < 4.78 is 0. The minimum absolute atomic E-state index is 0.0481. The number of nitrogens with zero attached hydrogens (tertiary/aromatic N) is 1. The van der Waals surface area contributed by atoms with Gasteiger partial charge in [-0.05, 0) is 38.0 Å². The number of hydrogen-bond acceptors (Lipinski definition) is 2. The zero-order valence-corrected chi connectivity index (χ0v) is 13.1. The summed E-state index contributed by atoms with van der Waals surface area (Å²) in [7, 11) is 0. The molecule has 4 nitrogen and oxygen atoms in total. The summed E-state index contributed by atoms with van der Waals surface area (Å²) >= 11 is 12.3. The minimum atomic E-state index is -0.907. The third-order valence-corrected chi connectivity index (χ3v) is 4.37. The van der Waals surface area contributed by atoms with Crippen LogP contribution in [-0.4, -0.2) is 23.9 Å². The van der Waals surface area contributed by atoms with Gasteiger partial charge in [-0.15, -0.1) is 0 Å². The van der Waals surface area contributed by atoms with Crippen molar-refractivity contribution in [1.82, 2.24) is 5.32 Å². The van der Waals surface area contributed by atoms with E-state index < -0.39 is 5.54 Å². The van der Waals surface area contributed by atoms with Gasteiger partial charge in [0.2, 0.25) is 5.91 Å². The number of nitrogens with one attached hydrogen (secondary N) is 1. The lowest BCUT2D eigenvalue weighted by molar-refractivity contribution is -0.135. The Balaban J connectivity index is 2.49. The first-order valence-electron chi connectivity index (χ1n) is 6.37. The Morgan fingerprint density at radius 2 is 1.95 bits per heavy atom. The number of hydrogen-bond donors (Lipinski definition) is 1. The zero-order chi connectivity index (χ0) is 15.1. The second-order valence-electron chi connectivity index (χ2n) is 5.18. The van der Waals surface area contributed by atoms with Crippen molar-refractivity contribution >= 4 is 40.7 Å². The van der Waals surface area contributed by atoms with Crippen LogP contribution in [0.4, 0.5) is 5.69 Å². The first kappa shape index (κ1) is 15.1. The fraction of sp³-hybridized carbons (Fsp3) is 0.429. The Labute approximate surface area is 128 Å². The van der Waals surface area contributed by atoms with Crippen LogP contribution >= 0.6 is 23.2 Å². The highest BCUT2D eigenvalue weighted by Crippen LogP contribution is 2.34. The molecule has 1 aliphatic rings. The van der Waals surface area contributed by atoms with Crippen LogP contribution in [-0.2, 0) is 9.59 Å². The smallest absolute Gasteiger partial charge is 0.252 e. The number of aryl methyl sites for hydroxylation is 1. The number of carbonyl (C=O) groups excluding carboxylic acids is 2. The largest absolute Gasteiger partial charge is 0.340 e. The van der Waals surface area contributed by atoms with Gasteiger partial charge >= 0.3 is 0 Å². The Hall–Kier alpha value is -1.26. The summed E-state index contributed by atoms with van der Waals surface area (Å²) in [6.45, 7) is 5.35. The topological polar surface area (TPSA) is 49.4 Å². The molecule has 1 aliphatic heterocycles. The SMILES string of the molecule is CCC1(C)NC(=O)CN(c2cc(Cl)c(C)cc2Cl)C1=O. The third kappa shape index (κ3) is 2.50. The van der Waals surface area contributed by atoms with Gasteiger partial charge in [0.05, 0.1) is 10.7 Å². The second-order valence-corrected chi connectivity index (χ2v) is 5.99. The van der Waals surface area contributed by atoms with Gasteiger partial charge in [-0.1, -0.05) is 30.1 Å². The molecular formula is C14H16Cl2N2O2. The van der Waals surface area contributed by atoms with Crippen LogP contribution in [0, 0.1) is 6.92 Å². The number of halogens is 2. The van der Waals surface area contributed by atoms with E-state index >= 15 is 0 Å². The maximum Gasteiger partial charge on any atom is 0.252 e. The Kier molecular flexibility index (Phi) is 3.98. The molecule has 0 aliphatic carbocycles. The molecule has 0 radical (unpaired) electrons. The van der Waals surface area contributed by atoms with Crippen LogP contribution in [0.2, 0.25) is 10.0 Å². The number of amides is 2. The molecule has 20 heavy (non-hydrogen) atoms. The number of piperazine rings is 1. The lowest BCUT2D eigenvalue weighted by atomic mass is 9.94. The molecule has 1 saturated heterocycles. The van der Waals surface area contributed by atoms with Gasteiger partial charge in [-0.25, -0.2) is 0 Å². The van der Waals surface area contributed by atoms with E-state index in [0.717, 1.165) is 5.56 Å². The second kappa shape index (κ2) is 5.26. The van der Waals surface area contributed by atoms with Gasteiger partial charge in [0.25, 0.3) is 5.91 Å². The molecule has 0 aromatic heterocycles. The fourth-order valence-corrected chi connectivity index (χ4v) is 2.67. The Morgan fingerprint density at radius 3 is 2.55 bits per heavy atom. The van der Waals surface area contributed by atoms with E-state index in [2.05, 4.69) is 5.32 Å². The first-order chi connectivity index (χ1) is 9.28. The molecule has 1 atom stereocenters. The summed E-state index contributed by atoms with van der Waals surface area (Å²) in [6.07, 6.45) is 0.505. The van der Waals surface area contributed by atoms with Crippen molar-refractivity contribution in [2.75, 3.05) is 11.4 Å². The first-order valence-corrected chi connectivity index (χ1v) is 7.12. The molecule has 108 valence electrons. The summed E-state index contributed by atoms with van der Waals surface area (Å²) in [5, 5.41) is 3.66. The molecule has 0 spiro atoms. The van der Waals surface area contributed by atoms with Crippen molar-refractivity contribution < 1.29 is 9.59 Å². The van der Waals surface area contributed by atoms with E-state index in [9.17, 15) is 9.59 Å². The normalized spacial score (nSPS) is 22.9. The highest BCUT2D eigenvalue weighted by Gasteiger charge is 2.42. The number of benzene rings is 1. The molecule has 1 aromatic carbocycles. The van der Waals surface area contributed by atoms with Gasteiger partial charge in [0.15, 0.2) is 0 Å². The van der Waals surface area contributed by atoms with Crippen molar-refractivity contribution in [3.05, 3.63) is 27.7 Å². The highest BCUT2D eigenvalue weighted by atomic mass is 35.5. The number of carbonyl (C=O) groups is 2. The Bertz CT molecular complexity index is 589. The Morgan fingerprint density at radius 1 is 1.30 bits per heavy atom. The number of rotatable bonds is 2. The molecule has 2 amide bonds. The van der Waals surface area contributed by atoms with Crippen LogP contribution in [0.5, 0.6) is 0 Å². The zero-order valence-electron chi connectivity index (χ0n) is 11.6. The standard InChI is InChI=1S/C14H16Cl2N2O2/c1-4-14(3)13(20)18(7-12(19)17-14)11-6-9(15)8(2)5-10(11)16/h5-6H,4,7H2,1-3H3,(H,17,19). The predicted molar refractivity (Wildman–Crippen MR) is 80.4 cm³/mol. The van der Waals surface area contributed by atoms with Crippen LogP contribution < -0.4 is 10.2 Å². The summed E-state index contributed by atoms with van der Waals surface area (Å²) in [5.74, 6) is -0.386. The summed E-state index contributed by atoms with van der Waals surface area (Å²) in [6, 6.07) is 3.33. The minimum Gasteiger partial charge on any atom is -0.340 e. The molecule has 1 heterocycles. The average Bonchev–Trinajstić information content (AvgIpc) is 2.38. The lowest BCUT2D eigenvalue weighted by Crippen LogP contribution is -2.65. The van der Waals surface area contributed by atoms with Gasteiger partial charge in [0, 0.05) is 5.02 Å². The summed E-state index contributed by atoms with van der Waals surface area (Å²) in [5.41, 5.74) is 0.394. The number of anilines is 1. The van der Waals surface area contributed by atoms with E-state index in [1.54, 1.807) is 19.1 Å². The van der Waals surface area contributed by atoms with Crippen LogP contribution in [0.1, 0.15) is 25.8 Å². The molecule has 0 saturated carbocycles. The van der Waals surface area contributed by atoms with Crippen molar-refractivity contribution in [2.24, 2.45) is 0 Å². The molecule has 0 bridgehead atoms. The fourth-order valence-electron chi connectivity index (χ4n) is 2.19. The maximum absolute atomic E-state index is 12.6. The maximum atomic E-state index is 12.6. The van der Waals surface area contributed by atoms with Crippen LogP contribution in [0.25, 0.3) is 0 Å². The molecule has 1 unspecified atom stereocenters. The van der Waals surface area contributed by atoms with E-state index in [-0.39, 0.29) is 18.4 Å². The molecule has 2 rings (SSSR count). The van der Waals surface area contributed by atoms with Crippen LogP contribution in [0.3, 0.4) is 0 Å². The van der Waals surface area contributed by atoms with Crippen molar-refractivity contribution in [3.8, 4) is 0 Å². The van der Waals surface area contributed by atoms with Gasteiger partial charge in [-0.3, -0.25) is 14.5 Å². The van der Waals surface area contributed by atoms with Crippen molar-refractivity contribution in [2.45, 2.75) is 32.7 Å². The monoisotopic (exact) mass is 314 g/mol. The van der Waals surface area contributed by atoms with Crippen molar-refractivity contribution in [3.63, 3.8) is 0 Å². The van der Waals surface area contributed by atoms with E-state index in [1.807, 2.05) is 13.8 Å². The summed E-state index contributed by atoms with van der Waals surface area (Å²) in [4.78, 5) is 25.8. The van der Waals surface area contributed by atoms with Gasteiger partial charge in [0.1, 0.15) is 12.1 Å².